The largest absolute Gasteiger partial charge is 0.373 e. The van der Waals surface area contributed by atoms with Gasteiger partial charge in [0.05, 0.1) is 12.7 Å². The third kappa shape index (κ3) is 4.10. The Morgan fingerprint density at radius 1 is 1.44 bits per heavy atom. The number of hydrogen-bond donors (Lipinski definition) is 1. The van der Waals surface area contributed by atoms with Gasteiger partial charge in [0, 0.05) is 37.6 Å². The molecule has 5 nitrogen and oxygen atoms in total. The van der Waals surface area contributed by atoms with Crippen LogP contribution >= 0.6 is 24.8 Å². The fourth-order valence-electron chi connectivity index (χ4n) is 1.72. The highest BCUT2D eigenvalue weighted by Crippen LogP contribution is 2.09. The lowest BCUT2D eigenvalue weighted by atomic mass is 10.2. The molecule has 0 radical (unpaired) electrons. The summed E-state index contributed by atoms with van der Waals surface area (Å²) >= 11 is 0. The van der Waals surface area contributed by atoms with Gasteiger partial charge in [0.15, 0.2) is 0 Å². The number of rotatable bonds is 2. The number of pyridine rings is 1. The normalized spacial score (nSPS) is 18.5. The molecule has 0 bridgehead atoms. The lowest BCUT2D eigenvalue weighted by Gasteiger charge is -2.32. The van der Waals surface area contributed by atoms with Crippen LogP contribution in [0.3, 0.4) is 0 Å². The minimum Gasteiger partial charge on any atom is -0.373 e. The average molecular weight is 294 g/mol. The lowest BCUT2D eigenvalue weighted by Crippen LogP contribution is -2.48. The Morgan fingerprint density at radius 2 is 2.11 bits per heavy atom. The molecule has 1 fully saturated rings. The average Bonchev–Trinajstić information content (AvgIpc) is 2.39. The first-order valence-corrected chi connectivity index (χ1v) is 5.32. The van der Waals surface area contributed by atoms with Gasteiger partial charge in [0.2, 0.25) is 0 Å². The van der Waals surface area contributed by atoms with E-state index < -0.39 is 0 Å². The van der Waals surface area contributed by atoms with Gasteiger partial charge in [-0.15, -0.1) is 24.8 Å². The molecule has 2 rings (SSSR count). The van der Waals surface area contributed by atoms with Gasteiger partial charge in [0.25, 0.3) is 5.91 Å². The van der Waals surface area contributed by atoms with Crippen LogP contribution in [0.1, 0.15) is 10.4 Å². The molecule has 0 spiro atoms. The van der Waals surface area contributed by atoms with Crippen molar-refractivity contribution in [2.75, 3.05) is 26.2 Å². The number of amides is 1. The second-order valence-corrected chi connectivity index (χ2v) is 3.72. The minimum absolute atomic E-state index is 0. The summed E-state index contributed by atoms with van der Waals surface area (Å²) < 4.78 is 5.41. The summed E-state index contributed by atoms with van der Waals surface area (Å²) in [5.41, 5.74) is 6.19. The Labute approximate surface area is 119 Å². The van der Waals surface area contributed by atoms with Gasteiger partial charge in [-0.3, -0.25) is 9.78 Å². The SMILES string of the molecule is Cl.Cl.NCC1CN(C(=O)c2ccncc2)CCO1. The molecule has 1 aliphatic rings. The molecular formula is C11H17Cl2N3O2. The zero-order valence-electron chi connectivity index (χ0n) is 9.82. The van der Waals surface area contributed by atoms with Crippen LogP contribution < -0.4 is 5.73 Å². The summed E-state index contributed by atoms with van der Waals surface area (Å²) in [6.07, 6.45) is 3.20. The van der Waals surface area contributed by atoms with Crippen molar-refractivity contribution in [1.29, 1.82) is 0 Å². The first kappa shape index (κ1) is 17.1. The maximum atomic E-state index is 12.1. The monoisotopic (exact) mass is 293 g/mol. The van der Waals surface area contributed by atoms with Crippen molar-refractivity contribution in [3.05, 3.63) is 30.1 Å². The van der Waals surface area contributed by atoms with Crippen LogP contribution in [0.15, 0.2) is 24.5 Å². The van der Waals surface area contributed by atoms with Crippen LogP contribution in [0.2, 0.25) is 0 Å². The number of ether oxygens (including phenoxy) is 1. The molecule has 1 aliphatic heterocycles. The molecule has 1 aromatic rings. The van der Waals surface area contributed by atoms with E-state index in [0.717, 1.165) is 0 Å². The number of aromatic nitrogens is 1. The van der Waals surface area contributed by atoms with E-state index >= 15 is 0 Å². The zero-order valence-corrected chi connectivity index (χ0v) is 11.5. The van der Waals surface area contributed by atoms with E-state index in [1.807, 2.05) is 0 Å². The van der Waals surface area contributed by atoms with E-state index in [9.17, 15) is 4.79 Å². The highest BCUT2D eigenvalue weighted by atomic mass is 35.5. The van der Waals surface area contributed by atoms with E-state index in [1.165, 1.54) is 0 Å². The molecule has 0 aliphatic carbocycles. The van der Waals surface area contributed by atoms with Crippen molar-refractivity contribution in [2.24, 2.45) is 5.73 Å². The molecule has 2 heterocycles. The minimum atomic E-state index is -0.0421. The van der Waals surface area contributed by atoms with Gasteiger partial charge in [0.1, 0.15) is 0 Å². The molecule has 0 saturated carbocycles. The van der Waals surface area contributed by atoms with Crippen molar-refractivity contribution < 1.29 is 9.53 Å². The number of carbonyl (C=O) groups is 1. The van der Waals surface area contributed by atoms with Gasteiger partial charge in [-0.1, -0.05) is 0 Å². The van der Waals surface area contributed by atoms with Crippen molar-refractivity contribution in [3.8, 4) is 0 Å². The number of halogens is 2. The molecule has 7 heteroatoms. The highest BCUT2D eigenvalue weighted by Gasteiger charge is 2.23. The van der Waals surface area contributed by atoms with Gasteiger partial charge < -0.3 is 15.4 Å². The number of carbonyl (C=O) groups excluding carboxylic acids is 1. The summed E-state index contributed by atoms with van der Waals surface area (Å²) in [6, 6.07) is 3.44. The van der Waals surface area contributed by atoms with E-state index in [2.05, 4.69) is 4.98 Å². The molecule has 1 unspecified atom stereocenters. The third-order valence-electron chi connectivity index (χ3n) is 2.62. The highest BCUT2D eigenvalue weighted by molar-refractivity contribution is 5.94. The van der Waals surface area contributed by atoms with E-state index in [4.69, 9.17) is 10.5 Å². The lowest BCUT2D eigenvalue weighted by molar-refractivity contribution is -0.0167. The molecule has 1 atom stereocenters. The molecule has 2 N–H and O–H groups in total. The molecule has 1 saturated heterocycles. The Morgan fingerprint density at radius 3 is 2.72 bits per heavy atom. The molecule has 0 aromatic carbocycles. The van der Waals surface area contributed by atoms with Crippen LogP contribution in [0, 0.1) is 0 Å². The van der Waals surface area contributed by atoms with Crippen LogP contribution in [0.4, 0.5) is 0 Å². The van der Waals surface area contributed by atoms with Crippen molar-refractivity contribution in [3.63, 3.8) is 0 Å². The van der Waals surface area contributed by atoms with Gasteiger partial charge in [-0.2, -0.15) is 0 Å². The Bertz CT molecular complexity index is 365. The summed E-state index contributed by atoms with van der Waals surface area (Å²) in [4.78, 5) is 17.7. The van der Waals surface area contributed by atoms with Crippen LogP contribution in [0.25, 0.3) is 0 Å². The Kier molecular flexibility index (Phi) is 7.86. The Hall–Kier alpha value is -0.880. The first-order valence-electron chi connectivity index (χ1n) is 5.32. The molecule has 102 valence electrons. The molecule has 1 aromatic heterocycles. The second-order valence-electron chi connectivity index (χ2n) is 3.72. The predicted octanol–water partition coefficient (Wildman–Crippen LogP) is 0.725. The number of nitrogens with two attached hydrogens (primary N) is 1. The topological polar surface area (TPSA) is 68.5 Å². The quantitative estimate of drug-likeness (QED) is 0.873. The maximum absolute atomic E-state index is 12.1. The molecular weight excluding hydrogens is 277 g/mol. The zero-order chi connectivity index (χ0) is 11.4. The van der Waals surface area contributed by atoms with Gasteiger partial charge in [-0.25, -0.2) is 0 Å². The maximum Gasteiger partial charge on any atom is 0.254 e. The number of hydrogen-bond acceptors (Lipinski definition) is 4. The Balaban J connectivity index is 0.00000144. The smallest absolute Gasteiger partial charge is 0.254 e. The first-order chi connectivity index (χ1) is 7.81. The predicted molar refractivity (Wildman–Crippen MR) is 73.4 cm³/mol. The number of morpholine rings is 1. The van der Waals surface area contributed by atoms with Crippen LogP contribution in [-0.2, 0) is 4.74 Å². The molecule has 18 heavy (non-hydrogen) atoms. The summed E-state index contributed by atoms with van der Waals surface area (Å²) in [5.74, 6) is 0.0177. The third-order valence-corrected chi connectivity index (χ3v) is 2.62. The van der Waals surface area contributed by atoms with Gasteiger partial charge in [-0.05, 0) is 12.1 Å². The van der Waals surface area contributed by atoms with E-state index in [0.29, 0.717) is 31.8 Å². The standard InChI is InChI=1S/C11H15N3O2.2ClH/c12-7-10-8-14(5-6-16-10)11(15)9-1-3-13-4-2-9;;/h1-4,10H,5-8,12H2;2*1H. The summed E-state index contributed by atoms with van der Waals surface area (Å²) in [6.45, 7) is 2.19. The summed E-state index contributed by atoms with van der Waals surface area (Å²) in [7, 11) is 0. The molecule has 1 amide bonds. The van der Waals surface area contributed by atoms with E-state index in [1.54, 1.807) is 29.4 Å². The van der Waals surface area contributed by atoms with Crippen molar-refractivity contribution in [1.82, 2.24) is 9.88 Å². The van der Waals surface area contributed by atoms with Crippen LogP contribution in [-0.4, -0.2) is 48.1 Å². The van der Waals surface area contributed by atoms with Gasteiger partial charge >= 0.3 is 0 Å². The van der Waals surface area contributed by atoms with Crippen molar-refractivity contribution >= 4 is 30.7 Å². The van der Waals surface area contributed by atoms with E-state index in [-0.39, 0.29) is 36.8 Å². The van der Waals surface area contributed by atoms with Crippen molar-refractivity contribution in [2.45, 2.75) is 6.10 Å². The second kappa shape index (κ2) is 8.26. The fraction of sp³-hybridized carbons (Fsp3) is 0.455. The summed E-state index contributed by atoms with van der Waals surface area (Å²) in [5, 5.41) is 0. The fourth-order valence-corrected chi connectivity index (χ4v) is 1.72. The number of nitrogens with zero attached hydrogens (tertiary/aromatic N) is 2. The van der Waals surface area contributed by atoms with Crippen LogP contribution in [0.5, 0.6) is 0 Å².